The highest BCUT2D eigenvalue weighted by atomic mass is 79.9. The first-order valence-corrected chi connectivity index (χ1v) is 8.90. The van der Waals surface area contributed by atoms with Crippen LogP contribution >= 0.6 is 52.1 Å². The molecule has 0 unspecified atom stereocenters. The van der Waals surface area contributed by atoms with Crippen molar-refractivity contribution in [3.05, 3.63) is 54.7 Å². The van der Waals surface area contributed by atoms with E-state index in [1.807, 2.05) is 17.5 Å². The molecule has 1 atom stereocenters. The van der Waals surface area contributed by atoms with Crippen LogP contribution in [0.15, 0.2) is 34.1 Å². The van der Waals surface area contributed by atoms with E-state index >= 15 is 0 Å². The molecule has 2 N–H and O–H groups in total. The largest absolute Gasteiger partial charge is 0.506 e. The summed E-state index contributed by atoms with van der Waals surface area (Å²) in [7, 11) is 0. The molecule has 25 heavy (non-hydrogen) atoms. The minimum Gasteiger partial charge on any atom is -0.506 e. The first-order valence-electron chi connectivity index (χ1n) is 7.23. The molecule has 2 aromatic rings. The first kappa shape index (κ1) is 22.1. The zero-order valence-electron chi connectivity index (χ0n) is 13.1. The minimum absolute atomic E-state index is 0. The lowest BCUT2D eigenvalue weighted by Gasteiger charge is -2.35. The van der Waals surface area contributed by atoms with Gasteiger partial charge in [-0.05, 0) is 27.4 Å². The predicted molar refractivity (Wildman–Crippen MR) is 108 cm³/mol. The van der Waals surface area contributed by atoms with E-state index in [1.165, 1.54) is 12.1 Å². The maximum absolute atomic E-state index is 11.2. The second kappa shape index (κ2) is 9.70. The van der Waals surface area contributed by atoms with Gasteiger partial charge in [-0.25, -0.2) is 0 Å². The molecule has 0 saturated carbocycles. The van der Waals surface area contributed by atoms with E-state index < -0.39 is 4.92 Å². The molecule has 1 aromatic carbocycles. The Labute approximate surface area is 170 Å². The van der Waals surface area contributed by atoms with Crippen molar-refractivity contribution in [2.24, 2.45) is 0 Å². The number of piperazine rings is 1. The SMILES string of the molecule is Cl.Cl.O=[N+]([O-])c1cc(Br)c(O)c([C@H](c2cccs2)N2CCNCC2)c1. The summed E-state index contributed by atoms with van der Waals surface area (Å²) in [6.07, 6.45) is 0. The molecule has 10 heteroatoms. The average molecular weight is 471 g/mol. The number of rotatable bonds is 4. The molecule has 0 bridgehead atoms. The lowest BCUT2D eigenvalue weighted by atomic mass is 10.0. The molecule has 6 nitrogen and oxygen atoms in total. The Morgan fingerprint density at radius 1 is 1.32 bits per heavy atom. The molecule has 3 rings (SSSR count). The van der Waals surface area contributed by atoms with E-state index in [0.717, 1.165) is 31.1 Å². The van der Waals surface area contributed by atoms with Crippen molar-refractivity contribution < 1.29 is 10.0 Å². The van der Waals surface area contributed by atoms with E-state index in [2.05, 4.69) is 26.1 Å². The van der Waals surface area contributed by atoms with Gasteiger partial charge < -0.3 is 10.4 Å². The van der Waals surface area contributed by atoms with Crippen LogP contribution in [0.5, 0.6) is 5.75 Å². The maximum Gasteiger partial charge on any atom is 0.271 e. The fraction of sp³-hybridized carbons (Fsp3) is 0.333. The monoisotopic (exact) mass is 469 g/mol. The van der Waals surface area contributed by atoms with Gasteiger partial charge in [-0.15, -0.1) is 36.2 Å². The molecule has 1 aromatic heterocycles. The summed E-state index contributed by atoms with van der Waals surface area (Å²) >= 11 is 4.83. The lowest BCUT2D eigenvalue weighted by molar-refractivity contribution is -0.385. The number of hydrogen-bond donors (Lipinski definition) is 2. The first-order chi connectivity index (χ1) is 11.1. The number of nitrogens with one attached hydrogen (secondary N) is 1. The van der Waals surface area contributed by atoms with Gasteiger partial charge in [0.25, 0.3) is 5.69 Å². The van der Waals surface area contributed by atoms with Gasteiger partial charge in [-0.1, -0.05) is 6.07 Å². The number of aromatic hydroxyl groups is 1. The highest BCUT2D eigenvalue weighted by molar-refractivity contribution is 9.10. The molecule has 1 fully saturated rings. The van der Waals surface area contributed by atoms with Gasteiger partial charge in [0.1, 0.15) is 5.75 Å². The van der Waals surface area contributed by atoms with Crippen LogP contribution in [0.2, 0.25) is 0 Å². The van der Waals surface area contributed by atoms with Crippen LogP contribution in [0.3, 0.4) is 0 Å². The van der Waals surface area contributed by atoms with Gasteiger partial charge in [0.2, 0.25) is 0 Å². The third-order valence-electron chi connectivity index (χ3n) is 3.91. The van der Waals surface area contributed by atoms with Crippen molar-refractivity contribution in [2.75, 3.05) is 26.2 Å². The molecule has 138 valence electrons. The van der Waals surface area contributed by atoms with Crippen LogP contribution < -0.4 is 5.32 Å². The molecule has 1 saturated heterocycles. The number of phenolic OH excluding ortho intramolecular Hbond substituents is 1. The number of nitro benzene ring substituents is 1. The van der Waals surface area contributed by atoms with Gasteiger partial charge in [0.15, 0.2) is 0 Å². The van der Waals surface area contributed by atoms with Gasteiger partial charge in [-0.3, -0.25) is 15.0 Å². The average Bonchev–Trinajstić information content (AvgIpc) is 3.06. The summed E-state index contributed by atoms with van der Waals surface area (Å²) in [4.78, 5) is 14.1. The Morgan fingerprint density at radius 2 is 2.00 bits per heavy atom. The summed E-state index contributed by atoms with van der Waals surface area (Å²) in [5, 5.41) is 27.0. The van der Waals surface area contributed by atoms with Crippen molar-refractivity contribution in [2.45, 2.75) is 6.04 Å². The normalized spacial score (nSPS) is 15.7. The van der Waals surface area contributed by atoms with Gasteiger partial charge in [-0.2, -0.15) is 0 Å². The lowest BCUT2D eigenvalue weighted by Crippen LogP contribution is -2.45. The smallest absolute Gasteiger partial charge is 0.271 e. The second-order valence-corrected chi connectivity index (χ2v) is 7.16. The number of halogens is 3. The zero-order chi connectivity index (χ0) is 16.4. The predicted octanol–water partition coefficient (Wildman–Crippen LogP) is 3.96. The molecule has 0 radical (unpaired) electrons. The molecule has 1 aliphatic heterocycles. The van der Waals surface area contributed by atoms with E-state index in [4.69, 9.17) is 0 Å². The molecular formula is C15H18BrCl2N3O3S. The van der Waals surface area contributed by atoms with Crippen LogP contribution in [0.25, 0.3) is 0 Å². The van der Waals surface area contributed by atoms with E-state index in [0.29, 0.717) is 10.0 Å². The number of nitrogens with zero attached hydrogens (tertiary/aromatic N) is 2. The molecule has 1 aliphatic rings. The molecule has 0 aliphatic carbocycles. The fourth-order valence-corrected chi connectivity index (χ4v) is 4.18. The molecule has 0 amide bonds. The van der Waals surface area contributed by atoms with E-state index in [1.54, 1.807) is 11.3 Å². The van der Waals surface area contributed by atoms with Crippen molar-refractivity contribution in [3.8, 4) is 5.75 Å². The molecule has 2 heterocycles. The minimum atomic E-state index is -0.434. The van der Waals surface area contributed by atoms with E-state index in [9.17, 15) is 15.2 Å². The number of benzene rings is 1. The Kier molecular flexibility index (Phi) is 8.59. The number of thiophene rings is 1. The fourth-order valence-electron chi connectivity index (χ4n) is 2.84. The Balaban J connectivity index is 0.00000156. The maximum atomic E-state index is 11.2. The number of hydrogen-bond acceptors (Lipinski definition) is 6. The Hall–Kier alpha value is -0.900. The topological polar surface area (TPSA) is 78.6 Å². The Bertz CT molecular complexity index is 712. The van der Waals surface area contributed by atoms with Crippen LogP contribution in [0.4, 0.5) is 5.69 Å². The van der Waals surface area contributed by atoms with E-state index in [-0.39, 0.29) is 42.3 Å². The summed E-state index contributed by atoms with van der Waals surface area (Å²) in [6.45, 7) is 3.36. The summed E-state index contributed by atoms with van der Waals surface area (Å²) < 4.78 is 0.346. The third-order valence-corrected chi connectivity index (χ3v) is 5.44. The summed E-state index contributed by atoms with van der Waals surface area (Å²) in [5.74, 6) is 0.0625. The molecular weight excluding hydrogens is 453 g/mol. The zero-order valence-corrected chi connectivity index (χ0v) is 17.1. The van der Waals surface area contributed by atoms with Crippen molar-refractivity contribution >= 4 is 57.8 Å². The van der Waals surface area contributed by atoms with Crippen LogP contribution in [0, 0.1) is 10.1 Å². The van der Waals surface area contributed by atoms with Gasteiger partial charge in [0, 0.05) is 48.8 Å². The third kappa shape index (κ3) is 4.84. The van der Waals surface area contributed by atoms with Crippen molar-refractivity contribution in [1.82, 2.24) is 10.2 Å². The van der Waals surface area contributed by atoms with Crippen LogP contribution in [0.1, 0.15) is 16.5 Å². The van der Waals surface area contributed by atoms with Gasteiger partial charge in [0.05, 0.1) is 15.4 Å². The van der Waals surface area contributed by atoms with Gasteiger partial charge >= 0.3 is 0 Å². The number of nitro groups is 1. The summed E-state index contributed by atoms with van der Waals surface area (Å²) in [5.41, 5.74) is 0.539. The highest BCUT2D eigenvalue weighted by Gasteiger charge is 2.29. The standard InChI is InChI=1S/C15H16BrN3O3S.2ClH/c16-12-9-10(19(21)22)8-11(15(12)20)14(13-2-1-7-23-13)18-5-3-17-4-6-18;;/h1-2,7-9,14,17,20H,3-6H2;2*1H/t14-;;/m1../s1. The summed E-state index contributed by atoms with van der Waals surface area (Å²) in [6, 6.07) is 6.59. The second-order valence-electron chi connectivity index (χ2n) is 5.33. The van der Waals surface area contributed by atoms with Crippen molar-refractivity contribution in [1.29, 1.82) is 0 Å². The quantitative estimate of drug-likeness (QED) is 0.522. The van der Waals surface area contributed by atoms with Crippen LogP contribution in [-0.2, 0) is 0 Å². The number of non-ortho nitro benzene ring substituents is 1. The van der Waals surface area contributed by atoms with Crippen molar-refractivity contribution in [3.63, 3.8) is 0 Å². The number of phenols is 1. The molecule has 0 spiro atoms. The Morgan fingerprint density at radius 3 is 2.56 bits per heavy atom. The highest BCUT2D eigenvalue weighted by Crippen LogP contribution is 2.42. The van der Waals surface area contributed by atoms with Crippen LogP contribution in [-0.4, -0.2) is 41.1 Å².